The number of rotatable bonds is 6. The molecule has 170 valence electrons. The highest BCUT2D eigenvalue weighted by Gasteiger charge is 2.36. The number of benzene rings is 1. The van der Waals surface area contributed by atoms with Gasteiger partial charge in [-0.15, -0.1) is 0 Å². The molecule has 1 aromatic carbocycles. The van der Waals surface area contributed by atoms with Gasteiger partial charge in [-0.3, -0.25) is 10.4 Å². The van der Waals surface area contributed by atoms with Crippen LogP contribution in [0.1, 0.15) is 36.1 Å². The molecule has 3 aromatic rings. The summed E-state index contributed by atoms with van der Waals surface area (Å²) in [6.07, 6.45) is 5.64. The smallest absolute Gasteiger partial charge is 0.128 e. The number of nitrogens with zero attached hydrogens (tertiary/aromatic N) is 3. The average molecular weight is 483 g/mol. The van der Waals surface area contributed by atoms with Crippen LogP contribution in [0.4, 0.5) is 11.5 Å². The standard InChI is InChI=1S/C24H24Cl2N6O/c1-13(23-19(25)9-29-10-20(23)26)33-17-3-4-21(27)18(7-17)24(28)14-2-5-22(30-8-14)32-11-15-6-16(12-32)31-15/h2-5,7-10,13,15-16,28,31H,6,11-12,27H2,1H3/t13-,15?,16?/m1/s1. The Bertz CT molecular complexity index is 1170. The van der Waals surface area contributed by atoms with Crippen molar-refractivity contribution in [3.8, 4) is 5.75 Å². The first-order valence-electron chi connectivity index (χ1n) is 10.8. The molecule has 33 heavy (non-hydrogen) atoms. The number of piperidine rings is 1. The first-order chi connectivity index (χ1) is 15.9. The van der Waals surface area contributed by atoms with Gasteiger partial charge >= 0.3 is 0 Å². The van der Waals surface area contributed by atoms with E-state index in [9.17, 15) is 0 Å². The predicted octanol–water partition coefficient (Wildman–Crippen LogP) is 4.47. The van der Waals surface area contributed by atoms with E-state index in [1.807, 2.05) is 19.1 Å². The molecule has 0 amide bonds. The molecule has 0 saturated carbocycles. The Morgan fingerprint density at radius 2 is 1.85 bits per heavy atom. The zero-order valence-corrected chi connectivity index (χ0v) is 19.6. The molecule has 9 heteroatoms. The van der Waals surface area contributed by atoms with Gasteiger partial charge in [0.15, 0.2) is 0 Å². The number of nitrogen functional groups attached to an aromatic ring is 1. The first-order valence-corrected chi connectivity index (χ1v) is 11.6. The fourth-order valence-electron chi connectivity index (χ4n) is 4.47. The summed E-state index contributed by atoms with van der Waals surface area (Å²) in [5, 5.41) is 13.1. The summed E-state index contributed by atoms with van der Waals surface area (Å²) < 4.78 is 6.08. The molecule has 3 atom stereocenters. The zero-order chi connectivity index (χ0) is 23.1. The van der Waals surface area contributed by atoms with Gasteiger partial charge in [-0.05, 0) is 43.7 Å². The third-order valence-electron chi connectivity index (χ3n) is 6.19. The van der Waals surface area contributed by atoms with E-state index < -0.39 is 6.10 Å². The van der Waals surface area contributed by atoms with Crippen molar-refractivity contribution >= 4 is 40.4 Å². The highest BCUT2D eigenvalue weighted by molar-refractivity contribution is 6.35. The van der Waals surface area contributed by atoms with Gasteiger partial charge < -0.3 is 20.7 Å². The lowest BCUT2D eigenvalue weighted by Gasteiger charge is -2.48. The van der Waals surface area contributed by atoms with Crippen LogP contribution in [0.2, 0.25) is 10.0 Å². The highest BCUT2D eigenvalue weighted by Crippen LogP contribution is 2.33. The SMILES string of the molecule is C[C@@H](Oc1ccc(N)c(C(=N)c2ccc(N3CC4CC(C3)N4)nc2)c1)c1c(Cl)cncc1Cl. The van der Waals surface area contributed by atoms with Gasteiger partial charge in [-0.2, -0.15) is 0 Å². The molecule has 2 unspecified atom stereocenters. The fraction of sp³-hybridized carbons (Fsp3) is 0.292. The minimum absolute atomic E-state index is 0.285. The van der Waals surface area contributed by atoms with Crippen molar-refractivity contribution in [2.75, 3.05) is 23.7 Å². The Kier molecular flexibility index (Phi) is 5.86. The minimum atomic E-state index is -0.412. The number of anilines is 2. The zero-order valence-electron chi connectivity index (χ0n) is 18.1. The van der Waals surface area contributed by atoms with Crippen LogP contribution in [0, 0.1) is 5.41 Å². The maximum atomic E-state index is 8.73. The van der Waals surface area contributed by atoms with E-state index in [0.717, 1.165) is 18.9 Å². The average Bonchev–Trinajstić information content (AvgIpc) is 2.79. The summed E-state index contributed by atoms with van der Waals surface area (Å²) >= 11 is 12.5. The number of aromatic nitrogens is 2. The number of nitrogens with one attached hydrogen (secondary N) is 2. The Hall–Kier alpha value is -2.87. The van der Waals surface area contributed by atoms with E-state index >= 15 is 0 Å². The van der Waals surface area contributed by atoms with Gasteiger partial charge in [-0.25, -0.2) is 4.98 Å². The molecule has 4 N–H and O–H groups in total. The van der Waals surface area contributed by atoms with Crippen LogP contribution < -0.4 is 20.7 Å². The number of fused-ring (bicyclic) bond motifs is 2. The van der Waals surface area contributed by atoms with E-state index in [2.05, 4.69) is 20.2 Å². The number of nitrogens with two attached hydrogens (primary N) is 1. The van der Waals surface area contributed by atoms with Crippen LogP contribution in [-0.4, -0.2) is 40.9 Å². The van der Waals surface area contributed by atoms with E-state index in [1.54, 1.807) is 24.4 Å². The van der Waals surface area contributed by atoms with Crippen LogP contribution in [0.15, 0.2) is 48.9 Å². The number of piperazine rings is 1. The molecule has 0 aliphatic carbocycles. The maximum Gasteiger partial charge on any atom is 0.128 e. The number of ether oxygens (including phenoxy) is 1. The molecule has 2 bridgehead atoms. The topological polar surface area (TPSA) is 100 Å². The Morgan fingerprint density at radius 3 is 2.48 bits per heavy atom. The summed E-state index contributed by atoms with van der Waals surface area (Å²) in [4.78, 5) is 10.9. The van der Waals surface area contributed by atoms with Crippen LogP contribution in [-0.2, 0) is 0 Å². The lowest BCUT2D eigenvalue weighted by Crippen LogP contribution is -2.67. The molecule has 3 aliphatic rings. The van der Waals surface area contributed by atoms with Crippen molar-refractivity contribution in [2.45, 2.75) is 31.5 Å². The highest BCUT2D eigenvalue weighted by atomic mass is 35.5. The molecule has 3 saturated heterocycles. The number of hydrogen-bond donors (Lipinski definition) is 3. The molecule has 7 nitrogen and oxygen atoms in total. The van der Waals surface area contributed by atoms with Crippen molar-refractivity contribution in [1.29, 1.82) is 5.41 Å². The van der Waals surface area contributed by atoms with Gasteiger partial charge in [-0.1, -0.05) is 23.2 Å². The number of pyridine rings is 2. The normalized spacial score (nSPS) is 20.2. The van der Waals surface area contributed by atoms with Crippen LogP contribution >= 0.6 is 23.2 Å². The van der Waals surface area contributed by atoms with E-state index in [4.69, 9.17) is 39.1 Å². The van der Waals surface area contributed by atoms with E-state index in [1.165, 1.54) is 18.8 Å². The second-order valence-electron chi connectivity index (χ2n) is 8.51. The number of hydrogen-bond acceptors (Lipinski definition) is 7. The maximum absolute atomic E-state index is 8.73. The van der Waals surface area contributed by atoms with Crippen LogP contribution in [0.3, 0.4) is 0 Å². The van der Waals surface area contributed by atoms with Crippen LogP contribution in [0.25, 0.3) is 0 Å². The number of halogens is 2. The largest absolute Gasteiger partial charge is 0.486 e. The summed E-state index contributed by atoms with van der Waals surface area (Å²) in [6.45, 7) is 3.80. The lowest BCUT2D eigenvalue weighted by molar-refractivity contribution is 0.225. The Balaban J connectivity index is 1.34. The van der Waals surface area contributed by atoms with Gasteiger partial charge in [0.2, 0.25) is 0 Å². The third-order valence-corrected chi connectivity index (χ3v) is 6.79. The fourth-order valence-corrected chi connectivity index (χ4v) is 5.15. The van der Waals surface area contributed by atoms with Gasteiger partial charge in [0.25, 0.3) is 0 Å². The van der Waals surface area contributed by atoms with Crippen molar-refractivity contribution in [3.05, 3.63) is 75.7 Å². The molecule has 3 aliphatic heterocycles. The van der Waals surface area contributed by atoms with Crippen molar-refractivity contribution in [3.63, 3.8) is 0 Å². The molecule has 6 rings (SSSR count). The molecular weight excluding hydrogens is 459 g/mol. The minimum Gasteiger partial charge on any atom is -0.486 e. The summed E-state index contributed by atoms with van der Waals surface area (Å²) in [7, 11) is 0. The Labute approximate surface area is 202 Å². The molecule has 2 aromatic heterocycles. The second-order valence-corrected chi connectivity index (χ2v) is 9.32. The second kappa shape index (κ2) is 8.82. The molecular formula is C24H24Cl2N6O. The molecule has 5 heterocycles. The summed E-state index contributed by atoms with van der Waals surface area (Å²) in [5.74, 6) is 1.50. The quantitative estimate of drug-likeness (QED) is 0.353. The monoisotopic (exact) mass is 482 g/mol. The van der Waals surface area contributed by atoms with Crippen molar-refractivity contribution in [2.24, 2.45) is 0 Å². The third kappa shape index (κ3) is 4.36. The molecule has 0 spiro atoms. The van der Waals surface area contributed by atoms with Gasteiger partial charge in [0.1, 0.15) is 17.7 Å². The summed E-state index contributed by atoms with van der Waals surface area (Å²) in [6, 6.07) is 10.3. The molecule has 0 radical (unpaired) electrons. The first kappa shape index (κ1) is 21.9. The van der Waals surface area contributed by atoms with Gasteiger partial charge in [0.05, 0.1) is 15.8 Å². The Morgan fingerprint density at radius 1 is 1.15 bits per heavy atom. The van der Waals surface area contributed by atoms with E-state index in [0.29, 0.717) is 50.3 Å². The lowest BCUT2D eigenvalue weighted by atomic mass is 9.91. The van der Waals surface area contributed by atoms with E-state index in [-0.39, 0.29) is 5.71 Å². The summed E-state index contributed by atoms with van der Waals surface area (Å²) in [5.41, 5.74) is 8.90. The van der Waals surface area contributed by atoms with Crippen LogP contribution in [0.5, 0.6) is 5.75 Å². The molecule has 3 fully saturated rings. The van der Waals surface area contributed by atoms with Crippen molar-refractivity contribution < 1.29 is 4.74 Å². The van der Waals surface area contributed by atoms with Crippen molar-refractivity contribution in [1.82, 2.24) is 15.3 Å². The predicted molar refractivity (Wildman–Crippen MR) is 132 cm³/mol. The van der Waals surface area contributed by atoms with Gasteiger partial charge in [0, 0.05) is 66.1 Å².